The molecule has 0 bridgehead atoms. The first-order valence-corrected chi connectivity index (χ1v) is 28.7. The Morgan fingerprint density at radius 1 is 0.811 bits per heavy atom. The van der Waals surface area contributed by atoms with Crippen molar-refractivity contribution < 1.29 is 24.0 Å². The zero-order chi connectivity index (χ0) is 50.5. The molecule has 2 spiro atoms. The van der Waals surface area contributed by atoms with Gasteiger partial charge in [0.1, 0.15) is 11.7 Å². The van der Waals surface area contributed by atoms with E-state index in [0.29, 0.717) is 63.8 Å². The van der Waals surface area contributed by atoms with Crippen molar-refractivity contribution in [2.24, 2.45) is 28.2 Å². The van der Waals surface area contributed by atoms with Gasteiger partial charge < -0.3 is 29.5 Å². The Labute approximate surface area is 435 Å². The standard InChI is InChI=1S/C58H75N11O5/c1-36(2)68-35-60-47-30-46(62-52(51(47)68)61-41-9-10-41)38-7-12-45-48(27-38)69(43-28-42(29-43)64-21-4-3-5-22-64)56(74)58(45)19-25-66(26-20-58)55(73)40-31-57(17-6-18-57)34-67(33-40)54(72)37-15-23-65(24-16-37)49-13-8-39(32-59-49)44-11-14-50(70)63-53(44)71/h7-8,12,27,30,32,35-37,40-44,49H,3-6,9-11,13-26,28-29,31,33-34H2,1-2H3,(H,61,62)(H,63,70,71). The molecule has 3 aromatic rings. The summed E-state index contributed by atoms with van der Waals surface area (Å²) in [6, 6.07) is 10.0. The lowest BCUT2D eigenvalue weighted by Crippen LogP contribution is -2.60. The Morgan fingerprint density at radius 2 is 1.58 bits per heavy atom. The van der Waals surface area contributed by atoms with Crippen LogP contribution in [0.15, 0.2) is 47.2 Å². The highest BCUT2D eigenvalue weighted by atomic mass is 16.2. The molecule has 13 rings (SSSR count). The number of nitrogens with one attached hydrogen (secondary N) is 2. The van der Waals surface area contributed by atoms with Crippen molar-refractivity contribution in [1.29, 1.82) is 0 Å². The monoisotopic (exact) mass is 1010 g/mol. The predicted molar refractivity (Wildman–Crippen MR) is 283 cm³/mol. The molecular formula is C58H75N11O5. The Hall–Kier alpha value is -5.48. The maximum Gasteiger partial charge on any atom is 0.238 e. The Kier molecular flexibility index (Phi) is 12.3. The van der Waals surface area contributed by atoms with Gasteiger partial charge in [-0.15, -0.1) is 0 Å². The van der Waals surface area contributed by atoms with Crippen LogP contribution in [-0.2, 0) is 29.4 Å². The average molecular weight is 1010 g/mol. The number of benzene rings is 1. The Bertz CT molecular complexity index is 2800. The van der Waals surface area contributed by atoms with Crippen molar-refractivity contribution in [3.05, 3.63) is 47.8 Å². The van der Waals surface area contributed by atoms with E-state index in [2.05, 4.69) is 79.0 Å². The summed E-state index contributed by atoms with van der Waals surface area (Å²) in [6.07, 6.45) is 22.2. The molecule has 5 amide bonds. The summed E-state index contributed by atoms with van der Waals surface area (Å²) in [4.78, 5) is 95.3. The van der Waals surface area contributed by atoms with Crippen molar-refractivity contribution in [2.45, 2.75) is 165 Å². The van der Waals surface area contributed by atoms with Gasteiger partial charge in [0.05, 0.1) is 34.8 Å². The SMILES string of the molecule is CC(C)n1cnc2cc(-c3ccc4c(c3)N(C3CC(N5CCCCC5)C3)C(=O)C43CCN(C(=O)C4CN(C(=O)C5CCN(C6CC=C(C7CCC(=O)NC7=O)C=N6)CC5)CC5(CCC5)C4)CC3)nc(NC3CC3)c21. The molecule has 2 aromatic heterocycles. The summed E-state index contributed by atoms with van der Waals surface area (Å²) < 4.78 is 2.20. The number of hydrogen-bond acceptors (Lipinski definition) is 11. The van der Waals surface area contributed by atoms with E-state index < -0.39 is 5.41 Å². The van der Waals surface area contributed by atoms with E-state index in [-0.39, 0.29) is 71.0 Å². The molecule has 3 aliphatic carbocycles. The number of dihydropyridines is 1. The number of fused-ring (bicyclic) bond motifs is 3. The van der Waals surface area contributed by atoms with Gasteiger partial charge in [0.2, 0.25) is 29.5 Å². The molecule has 3 saturated carbocycles. The molecule has 2 N–H and O–H groups in total. The summed E-state index contributed by atoms with van der Waals surface area (Å²) in [5, 5.41) is 6.18. The lowest BCUT2D eigenvalue weighted by molar-refractivity contribution is -0.153. The highest BCUT2D eigenvalue weighted by Gasteiger charge is 2.57. The third-order valence-corrected chi connectivity index (χ3v) is 19.6. The predicted octanol–water partition coefficient (Wildman–Crippen LogP) is 6.99. The molecule has 9 heterocycles. The zero-order valence-electron chi connectivity index (χ0n) is 43.6. The topological polar surface area (TPSA) is 169 Å². The number of likely N-dealkylation sites (tertiary alicyclic amines) is 4. The van der Waals surface area contributed by atoms with Crippen LogP contribution in [-0.4, -0.2) is 147 Å². The van der Waals surface area contributed by atoms with Crippen molar-refractivity contribution in [1.82, 2.24) is 39.5 Å². The van der Waals surface area contributed by atoms with Gasteiger partial charge in [-0.25, -0.2) is 9.97 Å². The van der Waals surface area contributed by atoms with Crippen molar-refractivity contribution in [3.8, 4) is 11.3 Å². The van der Waals surface area contributed by atoms with Crippen molar-refractivity contribution >= 4 is 58.3 Å². The van der Waals surface area contributed by atoms with E-state index in [4.69, 9.17) is 15.0 Å². The number of anilines is 2. The Balaban J connectivity index is 0.698. The maximum absolute atomic E-state index is 15.4. The molecule has 74 heavy (non-hydrogen) atoms. The minimum atomic E-state index is -0.694. The zero-order valence-corrected chi connectivity index (χ0v) is 43.6. The highest BCUT2D eigenvalue weighted by molar-refractivity contribution is 6.10. The van der Waals surface area contributed by atoms with Crippen molar-refractivity contribution in [3.63, 3.8) is 0 Å². The van der Waals surface area contributed by atoms with Gasteiger partial charge in [-0.3, -0.25) is 39.2 Å². The summed E-state index contributed by atoms with van der Waals surface area (Å²) in [5.41, 5.74) is 6.11. The minimum absolute atomic E-state index is 0.00525. The molecule has 392 valence electrons. The van der Waals surface area contributed by atoms with Gasteiger partial charge in [-0.05, 0) is 146 Å². The fraction of sp³-hybridized carbons (Fsp3) is 0.655. The van der Waals surface area contributed by atoms with Crippen LogP contribution >= 0.6 is 0 Å². The number of rotatable bonds is 10. The quantitative estimate of drug-likeness (QED) is 0.202. The number of carbonyl (C=O) groups excluding carboxylic acids is 5. The number of carbonyl (C=O) groups is 5. The summed E-state index contributed by atoms with van der Waals surface area (Å²) in [6.45, 7) is 10.5. The van der Waals surface area contributed by atoms with E-state index in [0.717, 1.165) is 142 Å². The Morgan fingerprint density at radius 3 is 2.27 bits per heavy atom. The highest BCUT2D eigenvalue weighted by Crippen LogP contribution is 2.54. The number of piperidine rings is 5. The second kappa shape index (κ2) is 19.0. The number of nitrogens with zero attached hydrogens (tertiary/aromatic N) is 9. The molecular weight excluding hydrogens is 931 g/mol. The van der Waals surface area contributed by atoms with Gasteiger partial charge in [0.15, 0.2) is 5.82 Å². The van der Waals surface area contributed by atoms with Crippen LogP contribution in [0.4, 0.5) is 11.5 Å². The number of imidazole rings is 1. The van der Waals surface area contributed by atoms with E-state index in [1.165, 1.54) is 19.3 Å². The van der Waals surface area contributed by atoms with E-state index >= 15 is 4.79 Å². The van der Waals surface area contributed by atoms with Crippen LogP contribution in [0.25, 0.3) is 22.3 Å². The maximum atomic E-state index is 15.4. The summed E-state index contributed by atoms with van der Waals surface area (Å²) in [5.74, 6) is 0.316. The minimum Gasteiger partial charge on any atom is -0.366 e. The van der Waals surface area contributed by atoms with Crippen LogP contribution in [0.5, 0.6) is 0 Å². The summed E-state index contributed by atoms with van der Waals surface area (Å²) >= 11 is 0. The smallest absolute Gasteiger partial charge is 0.238 e. The first-order valence-electron chi connectivity index (χ1n) is 28.7. The van der Waals surface area contributed by atoms with Crippen LogP contribution in [0, 0.1) is 23.2 Å². The molecule has 7 aliphatic heterocycles. The van der Waals surface area contributed by atoms with Gasteiger partial charge in [-0.1, -0.05) is 31.1 Å². The largest absolute Gasteiger partial charge is 0.366 e. The van der Waals surface area contributed by atoms with Gasteiger partial charge in [0.25, 0.3) is 0 Å². The number of pyridine rings is 1. The third kappa shape index (κ3) is 8.57. The summed E-state index contributed by atoms with van der Waals surface area (Å²) in [7, 11) is 0. The number of imide groups is 1. The van der Waals surface area contributed by atoms with E-state index in [1.54, 1.807) is 0 Å². The van der Waals surface area contributed by atoms with Crippen LogP contribution in [0.3, 0.4) is 0 Å². The lowest BCUT2D eigenvalue weighted by atomic mass is 9.61. The fourth-order valence-corrected chi connectivity index (χ4v) is 14.9. The van der Waals surface area contributed by atoms with E-state index in [9.17, 15) is 19.2 Å². The molecule has 8 fully saturated rings. The molecule has 3 unspecified atom stereocenters. The number of aliphatic imine (C=N–C) groups is 1. The normalized spacial score (nSPS) is 29.4. The first-order chi connectivity index (χ1) is 35.9. The van der Waals surface area contributed by atoms with Crippen LogP contribution in [0.1, 0.15) is 141 Å². The van der Waals surface area contributed by atoms with Crippen molar-refractivity contribution in [2.75, 3.05) is 62.6 Å². The van der Waals surface area contributed by atoms with Crippen LogP contribution < -0.4 is 15.5 Å². The second-order valence-corrected chi connectivity index (χ2v) is 24.6. The first kappa shape index (κ1) is 48.2. The molecule has 5 saturated heterocycles. The van der Waals surface area contributed by atoms with Gasteiger partial charge >= 0.3 is 0 Å². The molecule has 3 atom stereocenters. The number of aromatic nitrogens is 3. The molecule has 1 aromatic carbocycles. The number of hydrogen-bond donors (Lipinski definition) is 2. The molecule has 16 heteroatoms. The van der Waals surface area contributed by atoms with E-state index in [1.807, 2.05) is 17.4 Å². The average Bonchev–Trinajstić information content (AvgIpc) is 4.08. The second-order valence-electron chi connectivity index (χ2n) is 24.6. The molecule has 0 radical (unpaired) electrons. The molecule has 16 nitrogen and oxygen atoms in total. The van der Waals surface area contributed by atoms with Gasteiger partial charge in [0, 0.05) is 99.7 Å². The third-order valence-electron chi connectivity index (χ3n) is 19.6. The lowest BCUT2D eigenvalue weighted by Gasteiger charge is -2.52. The molecule has 10 aliphatic rings. The van der Waals surface area contributed by atoms with Crippen LogP contribution in [0.2, 0.25) is 0 Å². The van der Waals surface area contributed by atoms with Gasteiger partial charge in [-0.2, -0.15) is 0 Å². The fourth-order valence-electron chi connectivity index (χ4n) is 14.9. The number of amides is 5.